The van der Waals surface area contributed by atoms with Gasteiger partial charge in [-0.15, -0.1) is 0 Å². The molecule has 2 saturated carbocycles. The third-order valence-electron chi connectivity index (χ3n) is 22.7. The molecule has 0 aromatic carbocycles. The van der Waals surface area contributed by atoms with E-state index in [0.717, 1.165) is 286 Å². The molecule has 740 valence electrons. The zero-order chi connectivity index (χ0) is 95.5. The third kappa shape index (κ3) is 81.9. The zero-order valence-corrected chi connectivity index (χ0v) is 85.6. The van der Waals surface area contributed by atoms with E-state index in [2.05, 4.69) is 344 Å². The van der Waals surface area contributed by atoms with Gasteiger partial charge >= 0.3 is 0 Å². The highest BCUT2D eigenvalue weighted by molar-refractivity contribution is 8.07. The monoisotopic (exact) mass is 1840 g/mol. The molecule has 11 unspecified atom stereocenters. The Morgan fingerprint density at radius 3 is 0.818 bits per heavy atom. The number of rotatable bonds is 75. The molecule has 0 aromatic heterocycles. The molecule has 0 aromatic rings. The van der Waals surface area contributed by atoms with Crippen LogP contribution in [0.4, 0.5) is 0 Å². The Balaban J connectivity index is 0.000000558. The number of carbonyl (C=O) groups excluding carboxylic acids is 5. The largest absolute Gasteiger partial charge is 0.369 e. The second-order valence-electron chi connectivity index (χ2n) is 35.4. The minimum atomic E-state index is 0.169. The third-order valence-corrected chi connectivity index (χ3v) is 24.1. The van der Waals surface area contributed by atoms with Crippen molar-refractivity contribution >= 4 is 41.3 Å². The van der Waals surface area contributed by atoms with Crippen LogP contribution < -0.4 is 26.6 Å². The molecule has 14 heteroatoms. The van der Waals surface area contributed by atoms with Crippen molar-refractivity contribution < 1.29 is 38.2 Å². The number of allylic oxidation sites excluding steroid dienone is 34. The Hall–Kier alpha value is -7.62. The fourth-order valence-electron chi connectivity index (χ4n) is 13.9. The van der Waals surface area contributed by atoms with Gasteiger partial charge in [-0.1, -0.05) is 312 Å². The lowest BCUT2D eigenvalue weighted by molar-refractivity contribution is -0.122. The molecule has 2 aliphatic carbocycles. The highest BCUT2D eigenvalue weighted by Gasteiger charge is 2.39. The molecular formula is C118H189N5O8S. The normalized spacial score (nSPS) is 20.8. The standard InChI is InChI=1S/2C24H39NO2.C24H39NO.C23H35NO2.C23H37NOS/c1-4-6-7-8-9-10-11-12-15-18-22-23(27-22)19-16-13-14-17-20-24(26)25-21(3)5-2;1-3-5-7-8-9-10-11-12-15-18-22-23(27-22)19-16-13-14-17-20-24(26)25-21-6-4-2;1-3-5-6-7-8-9-10-11-14-17-22-21-23(22)18-15-12-13-16-19-24(26)25-20-4-2;1-2-3-4-5-6-7-8-9-12-15-21-22(26-21)16-13-10-11-14-17-23(25)24-20-18-19-20;1-3-5-6-7-8-9-10-11-14-17-21-22(26-21)18-15-12-13-16-19-23(25)24-20-4-2/h6-7,9-10,12-13,15-16,21-23H,4-5,8,11,14,17-20H2,1-3H3,(H,25,26);5,7,9-10,12-13,15-16,22-23H,3-4,6,8,11,14,17-21H2,1-2H3,(H,25,26);5-6,8-9,11-12,14-15,22-23H,3-4,7,10,13,16-21H2,1-2H3,(H,25,26);3-4,6-7,9-10,12-13,20-22H,2,5,8,11,14-19H2,1H3,(H,24,25);5-6,8-9,11-12,14-15,21-22H,3-4,7,10,13,16-20H2,1-2H3,(H,24,25)/b7-6-,10-9-,15-12-,16-13-;7-5-,10-9-,15-12-,16-13-;6-5-,9-8-,14-11-,15-12-;4-3-,7-6-,12-9-,13-10-;6-5-,9-8-,14-11-,15-12-. The lowest BCUT2D eigenvalue weighted by atomic mass is 10.1. The molecule has 4 heterocycles. The second kappa shape index (κ2) is 89.9. The number of hydrogen-bond donors (Lipinski definition) is 5. The molecule has 6 rings (SSSR count). The lowest BCUT2D eigenvalue weighted by Gasteiger charge is -2.10. The van der Waals surface area contributed by atoms with E-state index in [9.17, 15) is 24.0 Å². The van der Waals surface area contributed by atoms with Gasteiger partial charge in [-0.05, 0) is 288 Å². The van der Waals surface area contributed by atoms with Gasteiger partial charge in [-0.3, -0.25) is 24.0 Å². The fraction of sp³-hybridized carbons (Fsp3) is 0.619. The van der Waals surface area contributed by atoms with Crippen LogP contribution in [0.15, 0.2) is 243 Å². The molecule has 11 atom stereocenters. The summed E-state index contributed by atoms with van der Waals surface area (Å²) in [7, 11) is 0. The number of unbranched alkanes of at least 4 members (excludes halogenated alkanes) is 6. The van der Waals surface area contributed by atoms with Crippen LogP contribution in [0.2, 0.25) is 0 Å². The number of carbonyl (C=O) groups is 5. The van der Waals surface area contributed by atoms with Crippen molar-refractivity contribution in [3.63, 3.8) is 0 Å². The van der Waals surface area contributed by atoms with Crippen LogP contribution in [0, 0.1) is 11.8 Å². The van der Waals surface area contributed by atoms with Crippen LogP contribution in [0.25, 0.3) is 0 Å². The van der Waals surface area contributed by atoms with E-state index in [1.807, 2.05) is 6.92 Å². The Morgan fingerprint density at radius 2 is 0.530 bits per heavy atom. The molecule has 5 N–H and O–H groups in total. The molecule has 6 fully saturated rings. The molecule has 0 bridgehead atoms. The van der Waals surface area contributed by atoms with Crippen LogP contribution in [-0.2, 0) is 38.2 Å². The summed E-state index contributed by atoms with van der Waals surface area (Å²) in [6.07, 6.45) is 140. The summed E-state index contributed by atoms with van der Waals surface area (Å²) >= 11 is 2.10. The van der Waals surface area contributed by atoms with Crippen molar-refractivity contribution in [2.75, 3.05) is 19.6 Å². The molecule has 5 amide bonds. The summed E-state index contributed by atoms with van der Waals surface area (Å²) in [5.74, 6) is 2.73. The smallest absolute Gasteiger partial charge is 0.220 e. The van der Waals surface area contributed by atoms with Crippen LogP contribution in [0.1, 0.15) is 377 Å². The minimum Gasteiger partial charge on any atom is -0.369 e. The van der Waals surface area contributed by atoms with Crippen molar-refractivity contribution in [1.29, 1.82) is 0 Å². The Morgan fingerprint density at radius 1 is 0.280 bits per heavy atom. The van der Waals surface area contributed by atoms with Gasteiger partial charge in [-0.2, -0.15) is 11.8 Å². The average Bonchev–Trinajstić information content (AvgIpc) is 1.73. The lowest BCUT2D eigenvalue weighted by Crippen LogP contribution is -2.31. The van der Waals surface area contributed by atoms with E-state index < -0.39 is 0 Å². The van der Waals surface area contributed by atoms with Gasteiger partial charge in [0.25, 0.3) is 0 Å². The van der Waals surface area contributed by atoms with Gasteiger partial charge in [-0.25, -0.2) is 0 Å². The van der Waals surface area contributed by atoms with Crippen LogP contribution >= 0.6 is 11.8 Å². The molecule has 6 aliphatic rings. The maximum absolute atomic E-state index is 11.7. The van der Waals surface area contributed by atoms with Crippen LogP contribution in [-0.4, -0.2) is 108 Å². The van der Waals surface area contributed by atoms with Crippen LogP contribution in [0.5, 0.6) is 0 Å². The van der Waals surface area contributed by atoms with Crippen LogP contribution in [0.3, 0.4) is 0 Å². The van der Waals surface area contributed by atoms with E-state index in [1.54, 1.807) is 0 Å². The fourth-order valence-corrected chi connectivity index (χ4v) is 14.9. The number of thioether (sulfide) groups is 1. The van der Waals surface area contributed by atoms with E-state index >= 15 is 0 Å². The summed E-state index contributed by atoms with van der Waals surface area (Å²) in [6, 6.07) is 0.764. The molecule has 4 saturated heterocycles. The first kappa shape index (κ1) is 120. The number of ether oxygens (including phenoxy) is 3. The minimum absolute atomic E-state index is 0.169. The van der Waals surface area contributed by atoms with Gasteiger partial charge in [0.2, 0.25) is 29.5 Å². The number of epoxide rings is 3. The van der Waals surface area contributed by atoms with Crippen molar-refractivity contribution in [3.05, 3.63) is 243 Å². The Labute approximate surface area is 812 Å². The topological polar surface area (TPSA) is 183 Å². The van der Waals surface area contributed by atoms with Crippen molar-refractivity contribution in [2.45, 2.75) is 437 Å². The van der Waals surface area contributed by atoms with Gasteiger partial charge in [0.1, 0.15) is 0 Å². The second-order valence-corrected chi connectivity index (χ2v) is 36.9. The Kier molecular flexibility index (Phi) is 82.0. The van der Waals surface area contributed by atoms with Gasteiger partial charge in [0.15, 0.2) is 0 Å². The molecular weight excluding hydrogens is 1650 g/mol. The van der Waals surface area contributed by atoms with Gasteiger partial charge in [0.05, 0.1) is 36.6 Å². The maximum atomic E-state index is 11.7. The summed E-state index contributed by atoms with van der Waals surface area (Å²) < 4.78 is 17.1. The summed E-state index contributed by atoms with van der Waals surface area (Å²) in [5.41, 5.74) is 0. The molecule has 132 heavy (non-hydrogen) atoms. The highest BCUT2D eigenvalue weighted by atomic mass is 32.2. The van der Waals surface area contributed by atoms with Gasteiger partial charge < -0.3 is 40.8 Å². The van der Waals surface area contributed by atoms with E-state index in [-0.39, 0.29) is 35.6 Å². The summed E-state index contributed by atoms with van der Waals surface area (Å²) in [5, 5.41) is 16.4. The zero-order valence-electron chi connectivity index (χ0n) is 84.8. The average molecular weight is 1840 g/mol. The summed E-state index contributed by atoms with van der Waals surface area (Å²) in [4.78, 5) is 57.7. The first-order valence-electron chi connectivity index (χ1n) is 52.8. The number of amides is 5. The predicted octanol–water partition coefficient (Wildman–Crippen LogP) is 30.3. The Bertz CT molecular complexity index is 3420. The maximum Gasteiger partial charge on any atom is 0.220 e. The number of hydrogen-bond acceptors (Lipinski definition) is 9. The molecule has 13 nitrogen and oxygen atoms in total. The molecule has 4 aliphatic heterocycles. The quantitative estimate of drug-likeness (QED) is 0.0225. The molecule has 0 spiro atoms. The van der Waals surface area contributed by atoms with E-state index in [0.29, 0.717) is 74.8 Å². The summed E-state index contributed by atoms with van der Waals surface area (Å²) in [6.45, 7) is 23.6. The molecule has 0 radical (unpaired) electrons. The van der Waals surface area contributed by atoms with Crippen molar-refractivity contribution in [3.8, 4) is 0 Å². The number of nitrogens with one attached hydrogen (secondary N) is 5. The van der Waals surface area contributed by atoms with E-state index in [1.165, 1.54) is 32.1 Å². The first-order chi connectivity index (χ1) is 64.8. The van der Waals surface area contributed by atoms with E-state index in [4.69, 9.17) is 14.2 Å². The van der Waals surface area contributed by atoms with Gasteiger partial charge in [0, 0.05) is 74.3 Å². The SMILES string of the molecule is CC/C=C\C/C=C\C/C=C\CC1CC1C/C=C\CCCC(=O)NCCC.CC/C=C\C/C=C\C/C=C\CC1OC1C/C=C\CCCC(=O)NC(C)CC.CC/C=C\C/C=C\C/C=C\CC1OC1C/C=C\CCCC(=O)NC1CC1.CC/C=C\C/C=C\C/C=C\CC1OC1C/C=C\CCCC(=O)NCCCC.CC/C=C\C/C=C\C/C=C\CC1SC1C/C=C\CCCC(=O)NCCC. The van der Waals surface area contributed by atoms with Crippen molar-refractivity contribution in [1.82, 2.24) is 26.6 Å². The van der Waals surface area contributed by atoms with Crippen molar-refractivity contribution in [2.24, 2.45) is 11.8 Å². The highest BCUT2D eigenvalue weighted by Crippen LogP contribution is 2.46. The first-order valence-corrected chi connectivity index (χ1v) is 53.7. The predicted molar refractivity (Wildman–Crippen MR) is 572 cm³/mol.